The second-order valence-corrected chi connectivity index (χ2v) is 10.6. The minimum Gasteiger partial charge on any atom is -0.365 e. The van der Waals surface area contributed by atoms with Crippen molar-refractivity contribution in [2.45, 2.75) is 36.8 Å². The zero-order valence-corrected chi connectivity index (χ0v) is 19.4. The molecule has 4 rings (SSSR count). The Kier molecular flexibility index (Phi) is 6.88. The molecule has 0 unspecified atom stereocenters. The Balaban J connectivity index is 1.23. The highest BCUT2D eigenvalue weighted by atomic mass is 32.2. The van der Waals surface area contributed by atoms with E-state index in [-0.39, 0.29) is 11.0 Å². The Bertz CT molecular complexity index is 1070. The predicted molar refractivity (Wildman–Crippen MR) is 122 cm³/mol. The standard InChI is InChI=1S/C23H31FN4O3S/c1-26-11-3-4-19(26)17-27-12-9-20(10-13-27)31-25-18-7-14-28(15-8-18)23-6-5-21(16-22(23)24)32(2,29)30/h3-7,11,16,20,25H,8-10,12-15,17H2,1-2H3. The molecular weight excluding hydrogens is 431 g/mol. The van der Waals surface area contributed by atoms with Crippen LogP contribution in [0, 0.1) is 5.82 Å². The first-order valence-corrected chi connectivity index (χ1v) is 12.9. The molecule has 1 aromatic carbocycles. The van der Waals surface area contributed by atoms with Gasteiger partial charge in [-0.3, -0.25) is 15.2 Å². The van der Waals surface area contributed by atoms with Gasteiger partial charge in [0, 0.05) is 70.0 Å². The van der Waals surface area contributed by atoms with E-state index >= 15 is 0 Å². The summed E-state index contributed by atoms with van der Waals surface area (Å²) < 4.78 is 39.8. The number of benzene rings is 1. The minimum absolute atomic E-state index is 0.00300. The third-order valence-electron chi connectivity index (χ3n) is 6.23. The van der Waals surface area contributed by atoms with Gasteiger partial charge >= 0.3 is 0 Å². The summed E-state index contributed by atoms with van der Waals surface area (Å²) in [6.45, 7) is 4.15. The maximum atomic E-state index is 14.5. The average molecular weight is 463 g/mol. The van der Waals surface area contributed by atoms with Crippen LogP contribution in [-0.2, 0) is 28.3 Å². The highest BCUT2D eigenvalue weighted by Crippen LogP contribution is 2.25. The number of anilines is 1. The highest BCUT2D eigenvalue weighted by molar-refractivity contribution is 7.90. The van der Waals surface area contributed by atoms with E-state index in [2.05, 4.69) is 40.3 Å². The monoisotopic (exact) mass is 462 g/mol. The Hall–Kier alpha value is -2.36. The normalized spacial score (nSPS) is 18.6. The molecule has 0 radical (unpaired) electrons. The van der Waals surface area contributed by atoms with Crippen molar-refractivity contribution in [3.05, 3.63) is 59.8 Å². The zero-order chi connectivity index (χ0) is 22.7. The third-order valence-corrected chi connectivity index (χ3v) is 7.34. The molecule has 0 amide bonds. The molecule has 2 aromatic rings. The molecule has 2 aliphatic heterocycles. The van der Waals surface area contributed by atoms with Crippen molar-refractivity contribution in [2.24, 2.45) is 7.05 Å². The van der Waals surface area contributed by atoms with Gasteiger partial charge in [-0.15, -0.1) is 0 Å². The summed E-state index contributed by atoms with van der Waals surface area (Å²) in [4.78, 5) is 10.3. The van der Waals surface area contributed by atoms with E-state index in [9.17, 15) is 12.8 Å². The number of nitrogens with zero attached hydrogens (tertiary/aromatic N) is 3. The molecule has 3 heterocycles. The SMILES string of the molecule is Cn1cccc1CN1CCC(ONC2=CCN(c3ccc(S(C)(=O)=O)cc3F)CC2)CC1. The van der Waals surface area contributed by atoms with E-state index in [0.29, 0.717) is 25.2 Å². The van der Waals surface area contributed by atoms with Crippen molar-refractivity contribution < 1.29 is 17.6 Å². The fourth-order valence-corrected chi connectivity index (χ4v) is 4.82. The highest BCUT2D eigenvalue weighted by Gasteiger charge is 2.22. The van der Waals surface area contributed by atoms with Crippen LogP contribution in [0.1, 0.15) is 25.0 Å². The molecule has 174 valence electrons. The summed E-state index contributed by atoms with van der Waals surface area (Å²) in [5, 5.41) is 0. The van der Waals surface area contributed by atoms with Gasteiger partial charge in [0.1, 0.15) is 5.82 Å². The van der Waals surface area contributed by atoms with E-state index in [1.54, 1.807) is 0 Å². The van der Waals surface area contributed by atoms with Gasteiger partial charge in [0.05, 0.1) is 16.7 Å². The second-order valence-electron chi connectivity index (χ2n) is 8.62. The first-order chi connectivity index (χ1) is 15.3. The number of piperidine rings is 1. The number of sulfone groups is 1. The Morgan fingerprint density at radius 2 is 1.97 bits per heavy atom. The van der Waals surface area contributed by atoms with Gasteiger partial charge in [0.2, 0.25) is 0 Å². The molecule has 1 fully saturated rings. The predicted octanol–water partition coefficient (Wildman–Crippen LogP) is 2.85. The molecule has 0 atom stereocenters. The summed E-state index contributed by atoms with van der Waals surface area (Å²) in [5.41, 5.74) is 5.85. The van der Waals surface area contributed by atoms with Crippen molar-refractivity contribution in [1.82, 2.24) is 14.9 Å². The lowest BCUT2D eigenvalue weighted by Gasteiger charge is -2.33. The number of hydrogen-bond donors (Lipinski definition) is 1. The maximum absolute atomic E-state index is 14.5. The van der Waals surface area contributed by atoms with E-state index < -0.39 is 15.7 Å². The van der Waals surface area contributed by atoms with Gasteiger partial charge < -0.3 is 9.47 Å². The van der Waals surface area contributed by atoms with E-state index in [1.165, 1.54) is 17.8 Å². The van der Waals surface area contributed by atoms with Crippen LogP contribution in [-0.4, -0.2) is 56.4 Å². The summed E-state index contributed by atoms with van der Waals surface area (Å²) in [7, 11) is -1.34. The van der Waals surface area contributed by atoms with Gasteiger partial charge in [0.25, 0.3) is 0 Å². The molecule has 1 saturated heterocycles. The maximum Gasteiger partial charge on any atom is 0.175 e. The fourth-order valence-electron chi connectivity index (χ4n) is 4.19. The molecule has 7 nitrogen and oxygen atoms in total. The van der Waals surface area contributed by atoms with Crippen LogP contribution in [0.25, 0.3) is 0 Å². The Morgan fingerprint density at radius 3 is 2.56 bits per heavy atom. The lowest BCUT2D eigenvalue weighted by Crippen LogP contribution is -2.39. The van der Waals surface area contributed by atoms with Crippen molar-refractivity contribution in [3.8, 4) is 0 Å². The molecule has 9 heteroatoms. The summed E-state index contributed by atoms with van der Waals surface area (Å²) in [6.07, 6.45) is 8.00. The largest absolute Gasteiger partial charge is 0.365 e. The number of nitrogens with one attached hydrogen (secondary N) is 1. The van der Waals surface area contributed by atoms with Gasteiger partial charge in [-0.05, 0) is 49.2 Å². The van der Waals surface area contributed by atoms with Gasteiger partial charge in [-0.1, -0.05) is 0 Å². The molecular formula is C23H31FN4O3S. The van der Waals surface area contributed by atoms with Crippen LogP contribution < -0.4 is 10.4 Å². The summed E-state index contributed by atoms with van der Waals surface area (Å²) in [5.74, 6) is -0.518. The van der Waals surface area contributed by atoms with Crippen molar-refractivity contribution in [3.63, 3.8) is 0 Å². The molecule has 0 spiro atoms. The zero-order valence-electron chi connectivity index (χ0n) is 18.6. The first kappa shape index (κ1) is 22.8. The number of aryl methyl sites for hydroxylation is 1. The van der Waals surface area contributed by atoms with Crippen LogP contribution in [0.5, 0.6) is 0 Å². The quantitative estimate of drug-likeness (QED) is 0.639. The van der Waals surface area contributed by atoms with Crippen molar-refractivity contribution in [1.29, 1.82) is 0 Å². The van der Waals surface area contributed by atoms with Crippen LogP contribution in [0.4, 0.5) is 10.1 Å². The Labute approximate surface area is 189 Å². The molecule has 0 bridgehead atoms. The topological polar surface area (TPSA) is 66.8 Å². The van der Waals surface area contributed by atoms with Gasteiger partial charge in [0.15, 0.2) is 9.84 Å². The molecule has 32 heavy (non-hydrogen) atoms. The number of rotatable bonds is 7. The number of aromatic nitrogens is 1. The first-order valence-electron chi connectivity index (χ1n) is 11.0. The van der Waals surface area contributed by atoms with Gasteiger partial charge in [-0.25, -0.2) is 12.8 Å². The number of likely N-dealkylation sites (tertiary alicyclic amines) is 1. The molecule has 1 N–H and O–H groups in total. The minimum atomic E-state index is -3.42. The molecule has 0 saturated carbocycles. The van der Waals surface area contributed by atoms with Crippen LogP contribution in [0.15, 0.2) is 53.2 Å². The van der Waals surface area contributed by atoms with Crippen LogP contribution >= 0.6 is 0 Å². The fraction of sp³-hybridized carbons (Fsp3) is 0.478. The Morgan fingerprint density at radius 1 is 1.19 bits per heavy atom. The lowest BCUT2D eigenvalue weighted by molar-refractivity contribution is -0.0427. The molecule has 0 aliphatic carbocycles. The number of hydroxylamine groups is 1. The second kappa shape index (κ2) is 9.64. The summed E-state index contributed by atoms with van der Waals surface area (Å²) >= 11 is 0. The summed E-state index contributed by atoms with van der Waals surface area (Å²) in [6, 6.07) is 8.33. The van der Waals surface area contributed by atoms with Gasteiger partial charge in [-0.2, -0.15) is 0 Å². The van der Waals surface area contributed by atoms with Crippen LogP contribution in [0.2, 0.25) is 0 Å². The van der Waals surface area contributed by atoms with E-state index in [4.69, 9.17) is 4.84 Å². The van der Waals surface area contributed by atoms with Crippen molar-refractivity contribution >= 4 is 15.5 Å². The smallest absolute Gasteiger partial charge is 0.175 e. The third kappa shape index (κ3) is 5.51. The van der Waals surface area contributed by atoms with Crippen LogP contribution in [0.3, 0.4) is 0 Å². The molecule has 1 aromatic heterocycles. The van der Waals surface area contributed by atoms with Crippen molar-refractivity contribution in [2.75, 3.05) is 37.3 Å². The number of halogens is 1. The molecule has 2 aliphatic rings. The van der Waals surface area contributed by atoms with E-state index in [0.717, 1.165) is 50.5 Å². The number of hydrogen-bond acceptors (Lipinski definition) is 6. The lowest BCUT2D eigenvalue weighted by atomic mass is 10.1. The average Bonchev–Trinajstić information content (AvgIpc) is 3.17. The van der Waals surface area contributed by atoms with E-state index in [1.807, 2.05) is 11.0 Å².